The Morgan fingerprint density at radius 1 is 1.06 bits per heavy atom. The van der Waals surface area contributed by atoms with Gasteiger partial charge >= 0.3 is 6.03 Å². The SMILES string of the molecule is COc1ccc(-c2nnc(NC(=O)C3CCCN3C(=O)Nc3ccc(C)cc3)s2)cc1. The highest BCUT2D eigenvalue weighted by atomic mass is 32.1. The van der Waals surface area contributed by atoms with Crippen LogP contribution in [-0.2, 0) is 4.79 Å². The molecular weight excluding hydrogens is 414 g/mol. The summed E-state index contributed by atoms with van der Waals surface area (Å²) in [4.78, 5) is 27.1. The van der Waals surface area contributed by atoms with Gasteiger partial charge < -0.3 is 15.0 Å². The van der Waals surface area contributed by atoms with Crippen LogP contribution in [0.5, 0.6) is 5.75 Å². The van der Waals surface area contributed by atoms with E-state index in [1.807, 2.05) is 55.5 Å². The molecular formula is C22H23N5O3S. The Morgan fingerprint density at radius 2 is 1.81 bits per heavy atom. The van der Waals surface area contributed by atoms with Crippen LogP contribution in [-0.4, -0.2) is 46.7 Å². The van der Waals surface area contributed by atoms with Gasteiger partial charge in [0.1, 0.15) is 16.8 Å². The van der Waals surface area contributed by atoms with Crippen molar-refractivity contribution >= 4 is 34.1 Å². The summed E-state index contributed by atoms with van der Waals surface area (Å²) in [6.07, 6.45) is 1.38. The third-order valence-electron chi connectivity index (χ3n) is 5.11. The first-order valence-corrected chi connectivity index (χ1v) is 10.8. The van der Waals surface area contributed by atoms with Gasteiger partial charge in [-0.1, -0.05) is 29.0 Å². The zero-order valence-electron chi connectivity index (χ0n) is 17.3. The molecule has 1 atom stereocenters. The molecule has 0 spiro atoms. The Labute approximate surface area is 184 Å². The summed E-state index contributed by atoms with van der Waals surface area (Å²) >= 11 is 1.29. The van der Waals surface area contributed by atoms with E-state index in [9.17, 15) is 9.59 Å². The molecule has 1 aliphatic heterocycles. The number of aromatic nitrogens is 2. The van der Waals surface area contributed by atoms with E-state index in [0.29, 0.717) is 28.8 Å². The molecule has 4 rings (SSSR count). The summed E-state index contributed by atoms with van der Waals surface area (Å²) in [7, 11) is 1.61. The summed E-state index contributed by atoms with van der Waals surface area (Å²) in [5, 5.41) is 15.0. The molecule has 1 saturated heterocycles. The van der Waals surface area contributed by atoms with E-state index in [0.717, 1.165) is 23.3 Å². The largest absolute Gasteiger partial charge is 0.497 e. The van der Waals surface area contributed by atoms with Crippen molar-refractivity contribution < 1.29 is 14.3 Å². The molecule has 1 aromatic heterocycles. The third-order valence-corrected chi connectivity index (χ3v) is 6.00. The van der Waals surface area contributed by atoms with Crippen molar-refractivity contribution in [3.05, 3.63) is 54.1 Å². The first-order valence-electron chi connectivity index (χ1n) is 9.96. The summed E-state index contributed by atoms with van der Waals surface area (Å²) < 4.78 is 5.16. The van der Waals surface area contributed by atoms with Crippen LogP contribution in [0.2, 0.25) is 0 Å². The summed E-state index contributed by atoms with van der Waals surface area (Å²) in [5.41, 5.74) is 2.70. The number of methoxy groups -OCH3 is 1. The summed E-state index contributed by atoms with van der Waals surface area (Å²) in [5.74, 6) is 0.501. The van der Waals surface area contributed by atoms with Gasteiger partial charge in [-0.05, 0) is 56.2 Å². The number of hydrogen-bond acceptors (Lipinski definition) is 6. The topological polar surface area (TPSA) is 96.5 Å². The highest BCUT2D eigenvalue weighted by Crippen LogP contribution is 2.28. The van der Waals surface area contributed by atoms with Crippen molar-refractivity contribution in [2.75, 3.05) is 24.3 Å². The molecule has 0 radical (unpaired) electrons. The average molecular weight is 438 g/mol. The predicted octanol–water partition coefficient (Wildman–Crippen LogP) is 4.16. The molecule has 3 aromatic rings. The number of rotatable bonds is 5. The highest BCUT2D eigenvalue weighted by molar-refractivity contribution is 7.18. The maximum absolute atomic E-state index is 12.8. The van der Waals surface area contributed by atoms with Gasteiger partial charge in [-0.25, -0.2) is 4.79 Å². The zero-order chi connectivity index (χ0) is 21.8. The standard InChI is InChI=1S/C22H23N5O3S/c1-14-5-9-16(10-6-14)23-22(29)27-13-3-4-18(27)19(28)24-21-26-25-20(31-21)15-7-11-17(30-2)12-8-15/h5-12,18H,3-4,13H2,1-2H3,(H,23,29)(H,24,26,28). The maximum Gasteiger partial charge on any atom is 0.322 e. The van der Waals surface area contributed by atoms with Gasteiger partial charge in [0.2, 0.25) is 11.0 Å². The quantitative estimate of drug-likeness (QED) is 0.625. The Morgan fingerprint density at radius 3 is 2.52 bits per heavy atom. The van der Waals surface area contributed by atoms with Gasteiger partial charge in [-0.3, -0.25) is 10.1 Å². The van der Waals surface area contributed by atoms with Crippen molar-refractivity contribution in [2.24, 2.45) is 0 Å². The molecule has 160 valence electrons. The third kappa shape index (κ3) is 4.83. The number of amides is 3. The molecule has 1 fully saturated rings. The number of nitrogens with zero attached hydrogens (tertiary/aromatic N) is 3. The van der Waals surface area contributed by atoms with Crippen molar-refractivity contribution in [3.8, 4) is 16.3 Å². The molecule has 3 amide bonds. The molecule has 0 aliphatic carbocycles. The number of benzene rings is 2. The second-order valence-corrected chi connectivity index (χ2v) is 8.26. The van der Waals surface area contributed by atoms with Crippen LogP contribution in [0.3, 0.4) is 0 Å². The number of urea groups is 1. The Balaban J connectivity index is 1.40. The number of carbonyl (C=O) groups is 2. The monoisotopic (exact) mass is 437 g/mol. The van der Waals surface area contributed by atoms with Gasteiger partial charge in [-0.15, -0.1) is 10.2 Å². The van der Waals surface area contributed by atoms with Crippen LogP contribution < -0.4 is 15.4 Å². The van der Waals surface area contributed by atoms with Crippen LogP contribution >= 0.6 is 11.3 Å². The molecule has 2 aromatic carbocycles. The second-order valence-electron chi connectivity index (χ2n) is 7.28. The molecule has 1 aliphatic rings. The number of carbonyl (C=O) groups excluding carboxylic acids is 2. The number of aryl methyl sites for hydroxylation is 1. The number of nitrogens with one attached hydrogen (secondary N) is 2. The Hall–Kier alpha value is -3.46. The molecule has 8 nitrogen and oxygen atoms in total. The average Bonchev–Trinajstić information content (AvgIpc) is 3.45. The first-order chi connectivity index (χ1) is 15.0. The molecule has 0 saturated carbocycles. The summed E-state index contributed by atoms with van der Waals surface area (Å²) in [6.45, 7) is 2.52. The van der Waals surface area contributed by atoms with Crippen molar-refractivity contribution in [1.29, 1.82) is 0 Å². The minimum atomic E-state index is -0.543. The van der Waals surface area contributed by atoms with Crippen molar-refractivity contribution in [3.63, 3.8) is 0 Å². The number of likely N-dealkylation sites (tertiary alicyclic amines) is 1. The molecule has 1 unspecified atom stereocenters. The summed E-state index contributed by atoms with van der Waals surface area (Å²) in [6, 6.07) is 14.2. The van der Waals surface area contributed by atoms with Gasteiger partial charge in [-0.2, -0.15) is 0 Å². The van der Waals surface area contributed by atoms with Crippen molar-refractivity contribution in [1.82, 2.24) is 15.1 Å². The number of hydrogen-bond donors (Lipinski definition) is 2. The van der Waals surface area contributed by atoms with Crippen LogP contribution in [0.25, 0.3) is 10.6 Å². The lowest BCUT2D eigenvalue weighted by molar-refractivity contribution is -0.119. The lowest BCUT2D eigenvalue weighted by atomic mass is 10.2. The van der Waals surface area contributed by atoms with Gasteiger partial charge in [0.25, 0.3) is 0 Å². The fourth-order valence-corrected chi connectivity index (χ4v) is 4.18. The Bertz CT molecular complexity index is 1070. The second kappa shape index (κ2) is 9.13. The van der Waals surface area contributed by atoms with Crippen LogP contribution in [0.15, 0.2) is 48.5 Å². The molecule has 9 heteroatoms. The molecule has 2 heterocycles. The normalized spacial score (nSPS) is 15.5. The lowest BCUT2D eigenvalue weighted by Crippen LogP contribution is -2.45. The minimum absolute atomic E-state index is 0.256. The van der Waals surface area contributed by atoms with Gasteiger partial charge in [0, 0.05) is 17.8 Å². The van der Waals surface area contributed by atoms with Gasteiger partial charge in [0.05, 0.1) is 7.11 Å². The number of anilines is 2. The van der Waals surface area contributed by atoms with Crippen molar-refractivity contribution in [2.45, 2.75) is 25.8 Å². The van der Waals surface area contributed by atoms with Crippen LogP contribution in [0.1, 0.15) is 18.4 Å². The fraction of sp³-hybridized carbons (Fsp3) is 0.273. The van der Waals surface area contributed by atoms with Crippen LogP contribution in [0.4, 0.5) is 15.6 Å². The van der Waals surface area contributed by atoms with E-state index < -0.39 is 6.04 Å². The van der Waals surface area contributed by atoms with E-state index in [1.54, 1.807) is 12.0 Å². The van der Waals surface area contributed by atoms with E-state index >= 15 is 0 Å². The van der Waals surface area contributed by atoms with E-state index in [4.69, 9.17) is 4.74 Å². The van der Waals surface area contributed by atoms with E-state index in [2.05, 4.69) is 20.8 Å². The van der Waals surface area contributed by atoms with E-state index in [-0.39, 0.29) is 11.9 Å². The maximum atomic E-state index is 12.8. The highest BCUT2D eigenvalue weighted by Gasteiger charge is 2.34. The number of ether oxygens (including phenoxy) is 1. The van der Waals surface area contributed by atoms with E-state index in [1.165, 1.54) is 11.3 Å². The van der Waals surface area contributed by atoms with Gasteiger partial charge in [0.15, 0.2) is 0 Å². The first kappa shape index (κ1) is 20.8. The molecule has 0 bridgehead atoms. The molecule has 2 N–H and O–H groups in total. The minimum Gasteiger partial charge on any atom is -0.497 e. The molecule has 31 heavy (non-hydrogen) atoms. The smallest absolute Gasteiger partial charge is 0.322 e. The Kier molecular flexibility index (Phi) is 6.13. The predicted molar refractivity (Wildman–Crippen MR) is 120 cm³/mol. The lowest BCUT2D eigenvalue weighted by Gasteiger charge is -2.23. The fourth-order valence-electron chi connectivity index (χ4n) is 3.43. The zero-order valence-corrected chi connectivity index (χ0v) is 18.1. The van der Waals surface area contributed by atoms with Crippen LogP contribution in [0, 0.1) is 6.92 Å².